The Bertz CT molecular complexity index is 441. The Balaban J connectivity index is 1.73. The molecule has 3 nitrogen and oxygen atoms in total. The van der Waals surface area contributed by atoms with Crippen molar-refractivity contribution in [3.8, 4) is 5.75 Å². The Hall–Kier alpha value is -1.16. The zero-order chi connectivity index (χ0) is 12.6. The molecule has 1 aromatic carbocycles. The maximum absolute atomic E-state index is 11.5. The van der Waals surface area contributed by atoms with Crippen molar-refractivity contribution in [2.45, 2.75) is 36.5 Å². The Morgan fingerprint density at radius 1 is 1.50 bits per heavy atom. The third-order valence-corrected chi connectivity index (χ3v) is 5.36. The summed E-state index contributed by atoms with van der Waals surface area (Å²) in [5, 5.41) is 9.46. The second-order valence-electron chi connectivity index (χ2n) is 5.01. The lowest BCUT2D eigenvalue weighted by atomic mass is 9.94. The largest absolute Gasteiger partial charge is 0.490 e. The Kier molecular flexibility index (Phi) is 2.98. The number of carbonyl (C=O) groups is 1. The normalized spacial score (nSPS) is 29.9. The highest BCUT2D eigenvalue weighted by Gasteiger charge is 2.45. The van der Waals surface area contributed by atoms with E-state index >= 15 is 0 Å². The summed E-state index contributed by atoms with van der Waals surface area (Å²) < 4.78 is 5.25. The van der Waals surface area contributed by atoms with E-state index in [1.54, 1.807) is 11.8 Å². The van der Waals surface area contributed by atoms with Crippen molar-refractivity contribution >= 4 is 17.7 Å². The van der Waals surface area contributed by atoms with E-state index in [1.807, 2.05) is 18.2 Å². The minimum atomic E-state index is -0.676. The van der Waals surface area contributed by atoms with E-state index in [2.05, 4.69) is 6.07 Å². The van der Waals surface area contributed by atoms with Crippen LogP contribution in [-0.2, 0) is 11.2 Å². The molecule has 3 rings (SSSR count). The average molecular weight is 264 g/mol. The number of aliphatic carboxylic acids is 1. The molecule has 0 aliphatic carbocycles. The number of carboxylic acid groups (broad SMARTS) is 1. The minimum absolute atomic E-state index is 0.0177. The summed E-state index contributed by atoms with van der Waals surface area (Å²) in [5.74, 6) is 1.20. The zero-order valence-electron chi connectivity index (χ0n) is 10.1. The smallest absolute Gasteiger partial charge is 0.319 e. The number of ether oxygens (including phenoxy) is 1. The van der Waals surface area contributed by atoms with Gasteiger partial charge in [-0.1, -0.05) is 18.2 Å². The number of rotatable bonds is 3. The van der Waals surface area contributed by atoms with Crippen LogP contribution in [0, 0.1) is 0 Å². The van der Waals surface area contributed by atoms with Gasteiger partial charge in [-0.05, 0) is 30.2 Å². The topological polar surface area (TPSA) is 46.5 Å². The second kappa shape index (κ2) is 4.50. The quantitative estimate of drug-likeness (QED) is 0.912. The lowest BCUT2D eigenvalue weighted by molar-refractivity contribution is -0.140. The van der Waals surface area contributed by atoms with Gasteiger partial charge in [0.1, 0.15) is 16.6 Å². The Morgan fingerprint density at radius 2 is 2.33 bits per heavy atom. The first-order chi connectivity index (χ1) is 8.70. The molecule has 0 bridgehead atoms. The van der Waals surface area contributed by atoms with Gasteiger partial charge in [0.25, 0.3) is 0 Å². The molecule has 2 aliphatic rings. The SMILES string of the molecule is O=C(O)C1(CC2Cc3ccccc3O2)CCCS1. The van der Waals surface area contributed by atoms with Gasteiger partial charge in [-0.25, -0.2) is 0 Å². The predicted octanol–water partition coefficient (Wildman–Crippen LogP) is 2.73. The van der Waals surface area contributed by atoms with Gasteiger partial charge >= 0.3 is 5.97 Å². The van der Waals surface area contributed by atoms with Gasteiger partial charge in [0.05, 0.1) is 0 Å². The number of thioether (sulfide) groups is 1. The van der Waals surface area contributed by atoms with Crippen molar-refractivity contribution < 1.29 is 14.6 Å². The van der Waals surface area contributed by atoms with Crippen molar-refractivity contribution in [2.75, 3.05) is 5.75 Å². The van der Waals surface area contributed by atoms with Crippen LogP contribution in [0.15, 0.2) is 24.3 Å². The molecule has 0 aromatic heterocycles. The van der Waals surface area contributed by atoms with Crippen LogP contribution in [0.2, 0.25) is 0 Å². The highest BCUT2D eigenvalue weighted by Crippen LogP contribution is 2.44. The van der Waals surface area contributed by atoms with Crippen molar-refractivity contribution in [1.82, 2.24) is 0 Å². The molecule has 1 aromatic rings. The first kappa shape index (κ1) is 11.9. The summed E-state index contributed by atoms with van der Waals surface area (Å²) in [6, 6.07) is 7.98. The molecule has 2 unspecified atom stereocenters. The molecule has 2 atom stereocenters. The van der Waals surface area contributed by atoms with Gasteiger partial charge < -0.3 is 9.84 Å². The number of hydrogen-bond donors (Lipinski definition) is 1. The predicted molar refractivity (Wildman–Crippen MR) is 71.2 cm³/mol. The molecule has 0 radical (unpaired) electrons. The van der Waals surface area contributed by atoms with E-state index in [0.29, 0.717) is 6.42 Å². The number of fused-ring (bicyclic) bond motifs is 1. The third-order valence-electron chi connectivity index (χ3n) is 3.76. The molecule has 1 N–H and O–H groups in total. The standard InChI is InChI=1S/C14H16O3S/c15-13(16)14(6-3-7-18-14)9-11-8-10-4-1-2-5-12(10)17-11/h1-2,4-5,11H,3,6-9H2,(H,15,16). The summed E-state index contributed by atoms with van der Waals surface area (Å²) in [7, 11) is 0. The van der Waals surface area contributed by atoms with E-state index in [9.17, 15) is 9.90 Å². The summed E-state index contributed by atoms with van der Waals surface area (Å²) in [6.07, 6.45) is 3.23. The summed E-state index contributed by atoms with van der Waals surface area (Å²) in [4.78, 5) is 11.5. The zero-order valence-corrected chi connectivity index (χ0v) is 10.9. The van der Waals surface area contributed by atoms with Crippen LogP contribution in [0.25, 0.3) is 0 Å². The van der Waals surface area contributed by atoms with Crippen LogP contribution in [-0.4, -0.2) is 27.7 Å². The van der Waals surface area contributed by atoms with Gasteiger partial charge in [0.2, 0.25) is 0 Å². The first-order valence-electron chi connectivity index (χ1n) is 6.31. The Morgan fingerprint density at radius 3 is 3.00 bits per heavy atom. The van der Waals surface area contributed by atoms with Gasteiger partial charge in [-0.2, -0.15) is 0 Å². The van der Waals surface area contributed by atoms with Crippen LogP contribution in [0.3, 0.4) is 0 Å². The highest BCUT2D eigenvalue weighted by molar-refractivity contribution is 8.01. The lowest BCUT2D eigenvalue weighted by Gasteiger charge is -2.25. The molecule has 96 valence electrons. The van der Waals surface area contributed by atoms with E-state index in [1.165, 1.54) is 5.56 Å². The fourth-order valence-electron chi connectivity index (χ4n) is 2.85. The molecule has 0 spiro atoms. The fourth-order valence-corrected chi connectivity index (χ4v) is 4.25. The monoisotopic (exact) mass is 264 g/mol. The van der Waals surface area contributed by atoms with E-state index in [-0.39, 0.29) is 6.10 Å². The van der Waals surface area contributed by atoms with E-state index in [0.717, 1.165) is 30.8 Å². The number of carboxylic acids is 1. The third kappa shape index (κ3) is 1.99. The summed E-state index contributed by atoms with van der Waals surface area (Å²) in [5.41, 5.74) is 1.20. The molecular weight excluding hydrogens is 248 g/mol. The number of hydrogen-bond acceptors (Lipinski definition) is 3. The van der Waals surface area contributed by atoms with Gasteiger partial charge in [0.15, 0.2) is 0 Å². The van der Waals surface area contributed by atoms with Crippen LogP contribution >= 0.6 is 11.8 Å². The van der Waals surface area contributed by atoms with Crippen LogP contribution in [0.5, 0.6) is 5.75 Å². The summed E-state index contributed by atoms with van der Waals surface area (Å²) >= 11 is 1.58. The molecule has 1 fully saturated rings. The van der Waals surface area contributed by atoms with Gasteiger partial charge in [0, 0.05) is 12.8 Å². The lowest BCUT2D eigenvalue weighted by Crippen LogP contribution is -2.37. The van der Waals surface area contributed by atoms with Crippen LogP contribution in [0.4, 0.5) is 0 Å². The fraction of sp³-hybridized carbons (Fsp3) is 0.500. The molecule has 2 heterocycles. The van der Waals surface area contributed by atoms with Crippen molar-refractivity contribution in [1.29, 1.82) is 0 Å². The summed E-state index contributed by atoms with van der Waals surface area (Å²) in [6.45, 7) is 0. The van der Waals surface area contributed by atoms with E-state index in [4.69, 9.17) is 4.74 Å². The maximum Gasteiger partial charge on any atom is 0.319 e. The van der Waals surface area contributed by atoms with Gasteiger partial charge in [-0.3, -0.25) is 4.79 Å². The van der Waals surface area contributed by atoms with Crippen molar-refractivity contribution in [2.24, 2.45) is 0 Å². The minimum Gasteiger partial charge on any atom is -0.490 e. The number of para-hydroxylation sites is 1. The van der Waals surface area contributed by atoms with Crippen LogP contribution in [0.1, 0.15) is 24.8 Å². The Labute approximate surface area is 111 Å². The molecule has 1 saturated heterocycles. The van der Waals surface area contributed by atoms with Gasteiger partial charge in [-0.15, -0.1) is 11.8 Å². The second-order valence-corrected chi connectivity index (χ2v) is 6.49. The van der Waals surface area contributed by atoms with Crippen molar-refractivity contribution in [3.05, 3.63) is 29.8 Å². The molecule has 2 aliphatic heterocycles. The van der Waals surface area contributed by atoms with Crippen LogP contribution < -0.4 is 4.74 Å². The molecule has 0 amide bonds. The highest BCUT2D eigenvalue weighted by atomic mass is 32.2. The average Bonchev–Trinajstić information content (AvgIpc) is 2.95. The molecule has 4 heteroatoms. The van der Waals surface area contributed by atoms with E-state index < -0.39 is 10.7 Å². The van der Waals surface area contributed by atoms with Crippen molar-refractivity contribution in [3.63, 3.8) is 0 Å². The molecule has 0 saturated carbocycles. The molecular formula is C14H16O3S. The number of benzene rings is 1. The first-order valence-corrected chi connectivity index (χ1v) is 7.30. The maximum atomic E-state index is 11.5. The molecule has 18 heavy (non-hydrogen) atoms.